The van der Waals surface area contributed by atoms with Crippen LogP contribution in [0.3, 0.4) is 0 Å². The van der Waals surface area contributed by atoms with Crippen molar-refractivity contribution in [2.24, 2.45) is 0 Å². The highest BCUT2D eigenvalue weighted by atomic mass is 16.5. The molecule has 0 aromatic heterocycles. The van der Waals surface area contributed by atoms with Gasteiger partial charge in [-0.3, -0.25) is 4.90 Å². The molecular formula is C14H20N2O3. The smallest absolute Gasteiger partial charge is 0.157 e. The molecule has 104 valence electrons. The molecule has 0 amide bonds. The van der Waals surface area contributed by atoms with Gasteiger partial charge in [0.1, 0.15) is 0 Å². The van der Waals surface area contributed by atoms with E-state index in [1.54, 1.807) is 12.1 Å². The molecule has 0 saturated carbocycles. The molecule has 0 radical (unpaired) electrons. The maximum atomic E-state index is 9.69. The summed E-state index contributed by atoms with van der Waals surface area (Å²) >= 11 is 0. The molecule has 5 heteroatoms. The predicted molar refractivity (Wildman–Crippen MR) is 71.5 cm³/mol. The van der Waals surface area contributed by atoms with Gasteiger partial charge in [-0.05, 0) is 36.2 Å². The second-order valence-corrected chi connectivity index (χ2v) is 5.21. The fourth-order valence-corrected chi connectivity index (χ4v) is 2.87. The second kappa shape index (κ2) is 5.36. The average Bonchev–Trinajstić information content (AvgIpc) is 2.42. The summed E-state index contributed by atoms with van der Waals surface area (Å²) in [5.74, 6) is -0.0554. The van der Waals surface area contributed by atoms with Gasteiger partial charge in [-0.25, -0.2) is 0 Å². The Bertz CT molecular complexity index is 458. The first-order valence-corrected chi connectivity index (χ1v) is 6.82. The molecule has 0 aliphatic carbocycles. The Hall–Kier alpha value is -1.30. The number of phenolic OH excluding ortho intramolecular Hbond substituents is 2. The van der Waals surface area contributed by atoms with Crippen LogP contribution in [0.5, 0.6) is 11.5 Å². The summed E-state index contributed by atoms with van der Waals surface area (Å²) in [5.41, 5.74) is 2.24. The summed E-state index contributed by atoms with van der Waals surface area (Å²) in [4.78, 5) is 2.38. The predicted octanol–water partition coefficient (Wildman–Crippen LogP) is 0.617. The maximum Gasteiger partial charge on any atom is 0.157 e. The van der Waals surface area contributed by atoms with Gasteiger partial charge in [0.05, 0.1) is 13.2 Å². The molecule has 0 spiro atoms. The lowest BCUT2D eigenvalue weighted by molar-refractivity contribution is 0.0331. The Morgan fingerprint density at radius 2 is 1.95 bits per heavy atom. The molecule has 1 saturated heterocycles. The van der Waals surface area contributed by atoms with Crippen molar-refractivity contribution in [3.8, 4) is 11.5 Å². The Morgan fingerprint density at radius 3 is 2.74 bits per heavy atom. The van der Waals surface area contributed by atoms with E-state index in [4.69, 9.17) is 4.74 Å². The van der Waals surface area contributed by atoms with Crippen molar-refractivity contribution in [3.63, 3.8) is 0 Å². The molecular weight excluding hydrogens is 244 g/mol. The van der Waals surface area contributed by atoms with Crippen LogP contribution in [-0.2, 0) is 11.2 Å². The number of rotatable bonds is 2. The van der Waals surface area contributed by atoms with Crippen molar-refractivity contribution in [2.45, 2.75) is 12.5 Å². The lowest BCUT2D eigenvalue weighted by Gasteiger charge is -2.34. The minimum absolute atomic E-state index is 0.0224. The zero-order valence-corrected chi connectivity index (χ0v) is 10.9. The van der Waals surface area contributed by atoms with Gasteiger partial charge in [0, 0.05) is 25.7 Å². The number of hydrogen-bond donors (Lipinski definition) is 3. The van der Waals surface area contributed by atoms with Crippen LogP contribution < -0.4 is 5.32 Å². The Kier molecular flexibility index (Phi) is 3.59. The van der Waals surface area contributed by atoms with Crippen molar-refractivity contribution in [3.05, 3.63) is 23.3 Å². The third kappa shape index (κ3) is 2.68. The Morgan fingerprint density at radius 1 is 1.21 bits per heavy atom. The Balaban J connectivity index is 1.79. The first-order valence-electron chi connectivity index (χ1n) is 6.82. The van der Waals surface area contributed by atoms with Crippen molar-refractivity contribution in [1.29, 1.82) is 0 Å². The van der Waals surface area contributed by atoms with Crippen LogP contribution in [0.1, 0.15) is 17.2 Å². The molecule has 1 fully saturated rings. The molecule has 2 aliphatic heterocycles. The van der Waals surface area contributed by atoms with Gasteiger partial charge in [-0.2, -0.15) is 0 Å². The second-order valence-electron chi connectivity index (χ2n) is 5.21. The number of ether oxygens (including phenoxy) is 1. The van der Waals surface area contributed by atoms with E-state index in [2.05, 4.69) is 10.2 Å². The standard InChI is InChI=1S/C14H20N2O3/c17-13-7-10-1-2-15-12(11(10)8-14(13)18)9-16-3-5-19-6-4-16/h7-8,12,15,17-18H,1-6,9H2. The molecule has 2 aliphatic rings. The van der Waals surface area contributed by atoms with E-state index in [-0.39, 0.29) is 17.5 Å². The summed E-state index contributed by atoms with van der Waals surface area (Å²) in [5, 5.41) is 22.8. The molecule has 3 rings (SSSR count). The molecule has 2 heterocycles. The third-order valence-corrected chi connectivity index (χ3v) is 3.94. The first kappa shape index (κ1) is 12.7. The largest absolute Gasteiger partial charge is 0.504 e. The van der Waals surface area contributed by atoms with Crippen LogP contribution in [0.25, 0.3) is 0 Å². The molecule has 5 nitrogen and oxygen atoms in total. The summed E-state index contributed by atoms with van der Waals surface area (Å²) in [6.45, 7) is 5.32. The summed E-state index contributed by atoms with van der Waals surface area (Å²) in [6, 6.07) is 3.60. The van der Waals surface area contributed by atoms with E-state index in [1.807, 2.05) is 0 Å². The topological polar surface area (TPSA) is 65.0 Å². The van der Waals surface area contributed by atoms with Gasteiger partial charge in [-0.15, -0.1) is 0 Å². The number of benzene rings is 1. The molecule has 1 unspecified atom stereocenters. The quantitative estimate of drug-likeness (QED) is 0.683. The van der Waals surface area contributed by atoms with E-state index < -0.39 is 0 Å². The number of hydrogen-bond acceptors (Lipinski definition) is 5. The number of nitrogens with one attached hydrogen (secondary N) is 1. The van der Waals surface area contributed by atoms with Gasteiger partial charge in [-0.1, -0.05) is 0 Å². The number of morpholine rings is 1. The fourth-order valence-electron chi connectivity index (χ4n) is 2.87. The molecule has 1 aromatic carbocycles. The summed E-state index contributed by atoms with van der Waals surface area (Å²) in [6.07, 6.45) is 0.892. The summed E-state index contributed by atoms with van der Waals surface area (Å²) < 4.78 is 5.36. The van der Waals surface area contributed by atoms with Crippen molar-refractivity contribution >= 4 is 0 Å². The van der Waals surface area contributed by atoms with E-state index in [1.165, 1.54) is 0 Å². The minimum atomic E-state index is -0.0329. The number of fused-ring (bicyclic) bond motifs is 1. The zero-order chi connectivity index (χ0) is 13.2. The molecule has 3 N–H and O–H groups in total. The molecule has 1 atom stereocenters. The van der Waals surface area contributed by atoms with Gasteiger partial charge in [0.15, 0.2) is 11.5 Å². The SMILES string of the molecule is Oc1cc2c(cc1O)C(CN1CCOCC1)NCC2. The highest BCUT2D eigenvalue weighted by molar-refractivity contribution is 5.47. The van der Waals surface area contributed by atoms with Gasteiger partial charge in [0.25, 0.3) is 0 Å². The zero-order valence-electron chi connectivity index (χ0n) is 10.9. The van der Waals surface area contributed by atoms with E-state index in [0.29, 0.717) is 0 Å². The van der Waals surface area contributed by atoms with Crippen molar-refractivity contribution in [2.75, 3.05) is 39.4 Å². The number of phenols is 2. The van der Waals surface area contributed by atoms with E-state index in [0.717, 1.165) is 56.9 Å². The fraction of sp³-hybridized carbons (Fsp3) is 0.571. The lowest BCUT2D eigenvalue weighted by atomic mass is 9.93. The van der Waals surface area contributed by atoms with Gasteiger partial charge in [0.2, 0.25) is 0 Å². The molecule has 0 bridgehead atoms. The lowest BCUT2D eigenvalue weighted by Crippen LogP contribution is -2.43. The first-order chi connectivity index (χ1) is 9.24. The highest BCUT2D eigenvalue weighted by Crippen LogP contribution is 2.33. The van der Waals surface area contributed by atoms with Crippen LogP contribution in [0, 0.1) is 0 Å². The number of nitrogens with zero attached hydrogens (tertiary/aromatic N) is 1. The van der Waals surface area contributed by atoms with Crippen LogP contribution in [-0.4, -0.2) is 54.5 Å². The van der Waals surface area contributed by atoms with Gasteiger partial charge < -0.3 is 20.3 Å². The monoisotopic (exact) mass is 264 g/mol. The Labute approximate surface area is 112 Å². The van der Waals surface area contributed by atoms with Crippen LogP contribution in [0.15, 0.2) is 12.1 Å². The van der Waals surface area contributed by atoms with Crippen molar-refractivity contribution < 1.29 is 14.9 Å². The molecule has 19 heavy (non-hydrogen) atoms. The van der Waals surface area contributed by atoms with Gasteiger partial charge >= 0.3 is 0 Å². The summed E-state index contributed by atoms with van der Waals surface area (Å²) in [7, 11) is 0. The molecule has 1 aromatic rings. The van der Waals surface area contributed by atoms with Crippen LogP contribution in [0.4, 0.5) is 0 Å². The average molecular weight is 264 g/mol. The van der Waals surface area contributed by atoms with Crippen LogP contribution in [0.2, 0.25) is 0 Å². The highest BCUT2D eigenvalue weighted by Gasteiger charge is 2.24. The normalized spacial score (nSPS) is 24.1. The number of aromatic hydroxyl groups is 2. The van der Waals surface area contributed by atoms with Crippen LogP contribution >= 0.6 is 0 Å². The van der Waals surface area contributed by atoms with Crippen molar-refractivity contribution in [1.82, 2.24) is 10.2 Å². The van der Waals surface area contributed by atoms with E-state index in [9.17, 15) is 10.2 Å². The minimum Gasteiger partial charge on any atom is -0.504 e. The maximum absolute atomic E-state index is 9.69. The third-order valence-electron chi connectivity index (χ3n) is 3.94. The van der Waals surface area contributed by atoms with E-state index >= 15 is 0 Å².